The molecule has 2 saturated carbocycles. The highest BCUT2D eigenvalue weighted by molar-refractivity contribution is 6.30. The van der Waals surface area contributed by atoms with Crippen molar-refractivity contribution >= 4 is 34.6 Å². The zero-order valence-electron chi connectivity index (χ0n) is 20.3. The first kappa shape index (κ1) is 23.0. The van der Waals surface area contributed by atoms with E-state index in [0.717, 1.165) is 36.9 Å². The average molecular weight is 510 g/mol. The molecule has 4 aromatic heterocycles. The highest BCUT2D eigenvalue weighted by atomic mass is 35.5. The topological polar surface area (TPSA) is 115 Å². The van der Waals surface area contributed by atoms with Gasteiger partial charge in [-0.05, 0) is 38.7 Å². The quantitative estimate of drug-likeness (QED) is 0.293. The summed E-state index contributed by atoms with van der Waals surface area (Å²) in [7, 11) is 3.47. The molecule has 2 aliphatic rings. The number of hydrogen-bond donors (Lipinski definition) is 3. The number of nitrogens with one attached hydrogen (secondary N) is 3. The molecule has 36 heavy (non-hydrogen) atoms. The van der Waals surface area contributed by atoms with E-state index in [-0.39, 0.29) is 11.8 Å². The molecular weight excluding hydrogens is 482 g/mol. The molecule has 0 spiro atoms. The van der Waals surface area contributed by atoms with Gasteiger partial charge < -0.3 is 15.4 Å². The lowest BCUT2D eigenvalue weighted by molar-refractivity contribution is 0.0730. The standard InChI is InChI=1S/C24H28ClN9O2/c1-13-19(11-28-33(13)16-6-7-16)32-12-14(25)8-18(24(32)35)30-20-9-21(26-2)34-22(31-20)17(10-27-34)23(36-3)29-15-4-5-15/h8-12,15-16,23,26,29H,4-7H2,1-3H3,(H,30,31). The minimum Gasteiger partial charge on any atom is -0.373 e. The first-order valence-electron chi connectivity index (χ1n) is 12.1. The van der Waals surface area contributed by atoms with E-state index in [9.17, 15) is 4.79 Å². The van der Waals surface area contributed by atoms with Crippen molar-refractivity contribution in [3.63, 3.8) is 0 Å². The number of pyridine rings is 1. The Kier molecular flexibility index (Phi) is 5.70. The van der Waals surface area contributed by atoms with Crippen molar-refractivity contribution in [2.45, 2.75) is 50.9 Å². The van der Waals surface area contributed by atoms with Crippen molar-refractivity contribution in [1.29, 1.82) is 0 Å². The summed E-state index contributed by atoms with van der Waals surface area (Å²) >= 11 is 6.45. The average Bonchev–Trinajstić information content (AvgIpc) is 3.80. The molecule has 188 valence electrons. The smallest absolute Gasteiger partial charge is 0.279 e. The molecule has 1 atom stereocenters. The maximum absolute atomic E-state index is 13.5. The molecule has 4 aromatic rings. The molecule has 4 heterocycles. The molecule has 2 aliphatic carbocycles. The van der Waals surface area contributed by atoms with E-state index in [1.54, 1.807) is 42.3 Å². The van der Waals surface area contributed by atoms with Gasteiger partial charge in [-0.1, -0.05) is 11.6 Å². The van der Waals surface area contributed by atoms with Gasteiger partial charge in [-0.25, -0.2) is 4.98 Å². The molecular formula is C24H28ClN9O2. The van der Waals surface area contributed by atoms with Crippen LogP contribution in [0.4, 0.5) is 17.3 Å². The van der Waals surface area contributed by atoms with Crippen molar-refractivity contribution < 1.29 is 4.74 Å². The summed E-state index contributed by atoms with van der Waals surface area (Å²) in [5, 5.41) is 19.2. The fourth-order valence-electron chi connectivity index (χ4n) is 4.45. The van der Waals surface area contributed by atoms with Crippen LogP contribution in [0.5, 0.6) is 0 Å². The number of nitrogens with zero attached hydrogens (tertiary/aromatic N) is 6. The van der Waals surface area contributed by atoms with Gasteiger partial charge >= 0.3 is 0 Å². The summed E-state index contributed by atoms with van der Waals surface area (Å²) in [5.74, 6) is 1.19. The highest BCUT2D eigenvalue weighted by Gasteiger charge is 2.29. The summed E-state index contributed by atoms with van der Waals surface area (Å²) in [6, 6.07) is 4.25. The lowest BCUT2D eigenvalue weighted by Gasteiger charge is -2.16. The molecule has 6 rings (SSSR count). The third-order valence-corrected chi connectivity index (χ3v) is 6.86. The summed E-state index contributed by atoms with van der Waals surface area (Å²) in [5.41, 5.74) is 3.14. The summed E-state index contributed by atoms with van der Waals surface area (Å²) in [4.78, 5) is 18.3. The number of rotatable bonds is 9. The Hall–Kier alpha value is -3.41. The van der Waals surface area contributed by atoms with Gasteiger partial charge in [0.05, 0.1) is 40.4 Å². The van der Waals surface area contributed by atoms with Crippen LogP contribution in [0.1, 0.15) is 49.2 Å². The van der Waals surface area contributed by atoms with Crippen molar-refractivity contribution in [1.82, 2.24) is 34.3 Å². The van der Waals surface area contributed by atoms with Crippen molar-refractivity contribution in [3.05, 3.63) is 57.4 Å². The SMILES string of the molecule is CNc1cc(Nc2cc(Cl)cn(-c3cnn(C4CC4)c3C)c2=O)nc2c(C(NC3CC3)OC)cnn12. The van der Waals surface area contributed by atoms with E-state index in [1.807, 2.05) is 18.7 Å². The van der Waals surface area contributed by atoms with Gasteiger partial charge in [-0.3, -0.25) is 19.4 Å². The van der Waals surface area contributed by atoms with Crippen molar-refractivity contribution in [2.24, 2.45) is 0 Å². The zero-order valence-corrected chi connectivity index (χ0v) is 21.1. The minimum absolute atomic E-state index is 0.246. The lowest BCUT2D eigenvalue weighted by atomic mass is 10.3. The molecule has 0 bridgehead atoms. The van der Waals surface area contributed by atoms with Crippen LogP contribution < -0.4 is 21.5 Å². The maximum atomic E-state index is 13.5. The Labute approximate surface area is 212 Å². The third kappa shape index (κ3) is 4.12. The van der Waals surface area contributed by atoms with Gasteiger partial charge in [-0.2, -0.15) is 14.7 Å². The van der Waals surface area contributed by atoms with Crippen LogP contribution in [0.2, 0.25) is 5.02 Å². The molecule has 12 heteroatoms. The second-order valence-corrected chi connectivity index (χ2v) is 9.77. The van der Waals surface area contributed by atoms with E-state index in [1.165, 1.54) is 4.57 Å². The van der Waals surface area contributed by atoms with Crippen LogP contribution in [0.25, 0.3) is 11.3 Å². The Morgan fingerprint density at radius 2 is 1.97 bits per heavy atom. The van der Waals surface area contributed by atoms with E-state index >= 15 is 0 Å². The Balaban J connectivity index is 1.39. The van der Waals surface area contributed by atoms with Gasteiger partial charge in [0.25, 0.3) is 5.56 Å². The largest absolute Gasteiger partial charge is 0.373 e. The van der Waals surface area contributed by atoms with Crippen molar-refractivity contribution in [3.8, 4) is 5.69 Å². The van der Waals surface area contributed by atoms with E-state index in [2.05, 4.69) is 26.1 Å². The number of methoxy groups -OCH3 is 1. The fourth-order valence-corrected chi connectivity index (χ4v) is 4.66. The van der Waals surface area contributed by atoms with E-state index in [4.69, 9.17) is 21.3 Å². The lowest BCUT2D eigenvalue weighted by Crippen LogP contribution is -2.25. The fraction of sp³-hybridized carbons (Fsp3) is 0.417. The van der Waals surface area contributed by atoms with Crippen LogP contribution in [0.15, 0.2) is 35.5 Å². The number of halogens is 1. The molecule has 0 aliphatic heterocycles. The Morgan fingerprint density at radius 3 is 2.67 bits per heavy atom. The molecule has 0 radical (unpaired) electrons. The first-order valence-corrected chi connectivity index (χ1v) is 12.4. The molecule has 0 saturated heterocycles. The van der Waals surface area contributed by atoms with Crippen molar-refractivity contribution in [2.75, 3.05) is 24.8 Å². The van der Waals surface area contributed by atoms with E-state index in [0.29, 0.717) is 45.8 Å². The zero-order chi connectivity index (χ0) is 25.0. The van der Waals surface area contributed by atoms with Gasteiger partial charge in [0.2, 0.25) is 0 Å². The molecule has 0 aromatic carbocycles. The molecule has 2 fully saturated rings. The van der Waals surface area contributed by atoms with Crippen LogP contribution in [-0.2, 0) is 4.74 Å². The van der Waals surface area contributed by atoms with Crippen LogP contribution in [-0.4, -0.2) is 49.1 Å². The molecule has 3 N–H and O–H groups in total. The predicted octanol–water partition coefficient (Wildman–Crippen LogP) is 3.56. The summed E-state index contributed by atoms with van der Waals surface area (Å²) in [6.45, 7) is 1.97. The van der Waals surface area contributed by atoms with Gasteiger partial charge in [-0.15, -0.1) is 0 Å². The number of anilines is 3. The van der Waals surface area contributed by atoms with E-state index < -0.39 is 0 Å². The highest BCUT2D eigenvalue weighted by Crippen LogP contribution is 2.36. The third-order valence-electron chi connectivity index (χ3n) is 6.66. The Morgan fingerprint density at radius 1 is 1.17 bits per heavy atom. The molecule has 11 nitrogen and oxygen atoms in total. The predicted molar refractivity (Wildman–Crippen MR) is 138 cm³/mol. The number of ether oxygens (including phenoxy) is 1. The van der Waals surface area contributed by atoms with Gasteiger partial charge in [0.15, 0.2) is 5.65 Å². The second-order valence-electron chi connectivity index (χ2n) is 9.33. The summed E-state index contributed by atoms with van der Waals surface area (Å²) < 4.78 is 10.9. The second kappa shape index (κ2) is 8.91. The van der Waals surface area contributed by atoms with Gasteiger partial charge in [0.1, 0.15) is 23.6 Å². The van der Waals surface area contributed by atoms with Crippen LogP contribution in [0.3, 0.4) is 0 Å². The Bertz CT molecular complexity index is 1500. The molecule has 0 amide bonds. The maximum Gasteiger partial charge on any atom is 0.279 e. The van der Waals surface area contributed by atoms with Gasteiger partial charge in [0, 0.05) is 32.5 Å². The number of aromatic nitrogens is 6. The summed E-state index contributed by atoms with van der Waals surface area (Å²) in [6.07, 6.45) is 9.22. The first-order chi connectivity index (χ1) is 17.5. The normalized spacial score (nSPS) is 16.4. The van der Waals surface area contributed by atoms with Crippen LogP contribution in [0, 0.1) is 6.92 Å². The van der Waals surface area contributed by atoms with Crippen LogP contribution >= 0.6 is 11.6 Å². The molecule has 1 unspecified atom stereocenters. The monoisotopic (exact) mass is 509 g/mol. The number of fused-ring (bicyclic) bond motifs is 1. The minimum atomic E-state index is -0.336. The number of hydrogen-bond acceptors (Lipinski definition) is 8.